The largest absolute Gasteiger partial charge is 0.366 e. The second kappa shape index (κ2) is 11.7. The number of fused-ring (bicyclic) bond motifs is 1. The Balaban J connectivity index is 1.39. The predicted octanol–water partition coefficient (Wildman–Crippen LogP) is 6.78. The molecule has 2 amide bonds. The first-order valence-electron chi connectivity index (χ1n) is 12.5. The molecule has 0 saturated heterocycles. The van der Waals surface area contributed by atoms with Crippen molar-refractivity contribution in [2.75, 3.05) is 23.3 Å². The molecule has 4 aromatic carbocycles. The Bertz CT molecular complexity index is 1450. The maximum Gasteiger partial charge on any atom is 0.255 e. The van der Waals surface area contributed by atoms with Crippen molar-refractivity contribution < 1.29 is 9.59 Å². The van der Waals surface area contributed by atoms with Crippen molar-refractivity contribution in [3.05, 3.63) is 129 Å². The number of hydrogen-bond donors (Lipinski definition) is 2. The second-order valence-electron chi connectivity index (χ2n) is 9.28. The number of nitrogens with zero attached hydrogens (tertiary/aromatic N) is 1. The molecule has 0 fully saturated rings. The molecule has 38 heavy (non-hydrogen) atoms. The van der Waals surface area contributed by atoms with Gasteiger partial charge in [-0.15, -0.1) is 0 Å². The highest BCUT2D eigenvalue weighted by atomic mass is 35.5. The van der Waals surface area contributed by atoms with E-state index in [2.05, 4.69) is 33.7 Å². The van der Waals surface area contributed by atoms with Gasteiger partial charge in [0.25, 0.3) is 11.8 Å². The van der Waals surface area contributed by atoms with Crippen LogP contribution in [0, 0.1) is 0 Å². The Morgan fingerprint density at radius 1 is 0.789 bits per heavy atom. The SMILES string of the molecule is O=C(Nc1ccc(N2CCc3ccccc3C2)c(C(=O)NCCc2ccccc2)c1)c1cc(Cl)cc(Cl)c1. The third kappa shape index (κ3) is 6.18. The molecule has 0 radical (unpaired) electrons. The quantitative estimate of drug-likeness (QED) is 0.270. The summed E-state index contributed by atoms with van der Waals surface area (Å²) in [6, 6.07) is 28.6. The van der Waals surface area contributed by atoms with Gasteiger partial charge in [0.05, 0.1) is 5.56 Å². The van der Waals surface area contributed by atoms with Gasteiger partial charge in [-0.1, -0.05) is 77.8 Å². The number of hydrogen-bond acceptors (Lipinski definition) is 3. The molecule has 4 aromatic rings. The van der Waals surface area contributed by atoms with Crippen LogP contribution in [0.25, 0.3) is 0 Å². The summed E-state index contributed by atoms with van der Waals surface area (Å²) in [6.45, 7) is 2.02. The average molecular weight is 544 g/mol. The fraction of sp³-hybridized carbons (Fsp3) is 0.161. The van der Waals surface area contributed by atoms with Crippen LogP contribution in [0.5, 0.6) is 0 Å². The van der Waals surface area contributed by atoms with Crippen molar-refractivity contribution in [2.45, 2.75) is 19.4 Å². The summed E-state index contributed by atoms with van der Waals surface area (Å²) >= 11 is 12.2. The number of anilines is 2. The lowest BCUT2D eigenvalue weighted by molar-refractivity contribution is 0.0953. The fourth-order valence-corrected chi connectivity index (χ4v) is 5.25. The van der Waals surface area contributed by atoms with Crippen molar-refractivity contribution in [1.29, 1.82) is 0 Å². The van der Waals surface area contributed by atoms with Crippen molar-refractivity contribution >= 4 is 46.4 Å². The molecule has 0 unspecified atom stereocenters. The Morgan fingerprint density at radius 2 is 1.50 bits per heavy atom. The molecule has 0 aromatic heterocycles. The predicted molar refractivity (Wildman–Crippen MR) is 155 cm³/mol. The molecular weight excluding hydrogens is 517 g/mol. The van der Waals surface area contributed by atoms with Crippen LogP contribution in [0.4, 0.5) is 11.4 Å². The summed E-state index contributed by atoms with van der Waals surface area (Å²) in [6.07, 6.45) is 1.63. The van der Waals surface area contributed by atoms with Gasteiger partial charge in [0.1, 0.15) is 0 Å². The maximum absolute atomic E-state index is 13.5. The molecular formula is C31H27Cl2N3O2. The molecule has 7 heteroatoms. The summed E-state index contributed by atoms with van der Waals surface area (Å²) in [4.78, 5) is 28.6. The zero-order valence-corrected chi connectivity index (χ0v) is 22.2. The summed E-state index contributed by atoms with van der Waals surface area (Å²) in [5, 5.41) is 6.69. The molecule has 0 aliphatic carbocycles. The van der Waals surface area contributed by atoms with E-state index in [-0.39, 0.29) is 11.8 Å². The summed E-state index contributed by atoms with van der Waals surface area (Å²) < 4.78 is 0. The molecule has 1 heterocycles. The molecule has 192 valence electrons. The topological polar surface area (TPSA) is 61.4 Å². The van der Waals surface area contributed by atoms with Crippen LogP contribution in [-0.2, 0) is 19.4 Å². The highest BCUT2D eigenvalue weighted by molar-refractivity contribution is 6.35. The smallest absolute Gasteiger partial charge is 0.255 e. The van der Waals surface area contributed by atoms with E-state index in [1.54, 1.807) is 24.3 Å². The van der Waals surface area contributed by atoms with Crippen molar-refractivity contribution in [2.24, 2.45) is 0 Å². The maximum atomic E-state index is 13.5. The molecule has 0 saturated carbocycles. The van der Waals surface area contributed by atoms with Crippen LogP contribution in [0.1, 0.15) is 37.4 Å². The van der Waals surface area contributed by atoms with Crippen LogP contribution >= 0.6 is 23.2 Å². The number of halogens is 2. The lowest BCUT2D eigenvalue weighted by Gasteiger charge is -2.32. The average Bonchev–Trinajstić information content (AvgIpc) is 2.92. The van der Waals surface area contributed by atoms with Gasteiger partial charge in [-0.3, -0.25) is 9.59 Å². The van der Waals surface area contributed by atoms with E-state index >= 15 is 0 Å². The minimum absolute atomic E-state index is 0.184. The van der Waals surface area contributed by atoms with Crippen LogP contribution in [0.15, 0.2) is 91.0 Å². The summed E-state index contributed by atoms with van der Waals surface area (Å²) in [7, 11) is 0. The number of amides is 2. The minimum atomic E-state index is -0.357. The number of rotatable bonds is 7. The van der Waals surface area contributed by atoms with Crippen LogP contribution in [-0.4, -0.2) is 24.9 Å². The Morgan fingerprint density at radius 3 is 2.26 bits per heavy atom. The molecule has 0 atom stereocenters. The van der Waals surface area contributed by atoms with E-state index in [0.717, 1.165) is 30.6 Å². The molecule has 1 aliphatic rings. The van der Waals surface area contributed by atoms with Gasteiger partial charge in [0.15, 0.2) is 0 Å². The minimum Gasteiger partial charge on any atom is -0.366 e. The van der Waals surface area contributed by atoms with Crippen molar-refractivity contribution in [3.63, 3.8) is 0 Å². The van der Waals surface area contributed by atoms with Crippen molar-refractivity contribution in [3.8, 4) is 0 Å². The first kappa shape index (κ1) is 25.8. The van der Waals surface area contributed by atoms with E-state index in [4.69, 9.17) is 23.2 Å². The number of carbonyl (C=O) groups excluding carboxylic acids is 2. The van der Waals surface area contributed by atoms with Gasteiger partial charge in [0.2, 0.25) is 0 Å². The van der Waals surface area contributed by atoms with E-state index < -0.39 is 0 Å². The first-order chi connectivity index (χ1) is 18.5. The van der Waals surface area contributed by atoms with Crippen LogP contribution < -0.4 is 15.5 Å². The lowest BCUT2D eigenvalue weighted by atomic mass is 9.98. The Kier molecular flexibility index (Phi) is 7.97. The Hall–Kier alpha value is -3.80. The highest BCUT2D eigenvalue weighted by Crippen LogP contribution is 2.30. The van der Waals surface area contributed by atoms with E-state index in [0.29, 0.717) is 39.9 Å². The standard InChI is InChI=1S/C31H27Cl2N3O2/c32-25-16-24(17-26(33)18-25)30(37)35-27-10-11-29(36-15-13-22-8-4-5-9-23(22)20-36)28(19-27)31(38)34-14-12-21-6-2-1-3-7-21/h1-11,16-19H,12-15,20H2,(H,34,38)(H,35,37). The summed E-state index contributed by atoms with van der Waals surface area (Å²) in [5.41, 5.74) is 5.95. The zero-order chi connectivity index (χ0) is 26.5. The molecule has 1 aliphatic heterocycles. The highest BCUT2D eigenvalue weighted by Gasteiger charge is 2.22. The van der Waals surface area contributed by atoms with Gasteiger partial charge in [-0.2, -0.15) is 0 Å². The normalized spacial score (nSPS) is 12.5. The van der Waals surface area contributed by atoms with Gasteiger partial charge in [0, 0.05) is 46.6 Å². The number of nitrogens with one attached hydrogen (secondary N) is 2. The van der Waals surface area contributed by atoms with Gasteiger partial charge in [-0.25, -0.2) is 0 Å². The Labute approximate surface area is 232 Å². The van der Waals surface area contributed by atoms with Crippen molar-refractivity contribution in [1.82, 2.24) is 5.32 Å². The molecule has 5 rings (SSSR count). The molecule has 0 spiro atoms. The molecule has 5 nitrogen and oxygen atoms in total. The molecule has 2 N–H and O–H groups in total. The van der Waals surface area contributed by atoms with Gasteiger partial charge < -0.3 is 15.5 Å². The first-order valence-corrected chi connectivity index (χ1v) is 13.3. The summed E-state index contributed by atoms with van der Waals surface area (Å²) in [5.74, 6) is -0.541. The van der Waals surface area contributed by atoms with E-state index in [9.17, 15) is 9.59 Å². The fourth-order valence-electron chi connectivity index (χ4n) is 4.72. The lowest BCUT2D eigenvalue weighted by Crippen LogP contribution is -2.33. The van der Waals surface area contributed by atoms with Gasteiger partial charge in [-0.05, 0) is 65.9 Å². The van der Waals surface area contributed by atoms with Crippen LogP contribution in [0.3, 0.4) is 0 Å². The number of carbonyl (C=O) groups is 2. The zero-order valence-electron chi connectivity index (χ0n) is 20.7. The number of benzene rings is 4. The van der Waals surface area contributed by atoms with E-state index in [1.807, 2.05) is 48.5 Å². The van der Waals surface area contributed by atoms with E-state index in [1.165, 1.54) is 11.1 Å². The third-order valence-electron chi connectivity index (χ3n) is 6.64. The monoisotopic (exact) mass is 543 g/mol. The van der Waals surface area contributed by atoms with Crippen LogP contribution in [0.2, 0.25) is 10.0 Å². The van der Waals surface area contributed by atoms with Gasteiger partial charge >= 0.3 is 0 Å². The second-order valence-corrected chi connectivity index (χ2v) is 10.1. The third-order valence-corrected chi connectivity index (χ3v) is 7.07. The molecule has 0 bridgehead atoms.